The molecule has 4 heteroatoms. The molecule has 1 aliphatic carbocycles. The lowest BCUT2D eigenvalue weighted by Crippen LogP contribution is -2.10. The summed E-state index contributed by atoms with van der Waals surface area (Å²) in [5.74, 6) is -0.996. The minimum Gasteiger partial charge on any atom is -0.403 e. The average Bonchev–Trinajstić information content (AvgIpc) is 2.40. The van der Waals surface area contributed by atoms with Crippen molar-refractivity contribution in [3.63, 3.8) is 0 Å². The molecule has 0 aliphatic heterocycles. The predicted octanol–water partition coefficient (Wildman–Crippen LogP) is 1.16. The number of alkyl halides is 2. The first-order valence-electron chi connectivity index (χ1n) is 2.69. The molecule has 52 valence electrons. The van der Waals surface area contributed by atoms with E-state index in [0.29, 0.717) is 12.8 Å². The summed E-state index contributed by atoms with van der Waals surface area (Å²) in [5.41, 5.74) is 0. The van der Waals surface area contributed by atoms with Gasteiger partial charge in [0.05, 0.1) is 5.92 Å². The van der Waals surface area contributed by atoms with E-state index in [4.69, 9.17) is 0 Å². The Balaban J connectivity index is 2.18. The lowest BCUT2D eigenvalue weighted by Gasteiger charge is -1.98. The number of esters is 1. The maximum absolute atomic E-state index is 11.2. The minimum absolute atomic E-state index is 0.237. The van der Waals surface area contributed by atoms with Gasteiger partial charge in [-0.05, 0) is 12.8 Å². The summed E-state index contributed by atoms with van der Waals surface area (Å²) in [7, 11) is 0. The molecule has 0 N–H and O–H groups in total. The zero-order chi connectivity index (χ0) is 6.85. The van der Waals surface area contributed by atoms with E-state index in [1.807, 2.05) is 0 Å². The van der Waals surface area contributed by atoms with E-state index in [1.165, 1.54) is 0 Å². The lowest BCUT2D eigenvalue weighted by molar-refractivity contribution is -0.177. The van der Waals surface area contributed by atoms with Gasteiger partial charge in [0.1, 0.15) is 0 Å². The highest BCUT2D eigenvalue weighted by molar-refractivity contribution is 5.74. The van der Waals surface area contributed by atoms with Crippen LogP contribution in [0.25, 0.3) is 0 Å². The molecule has 0 radical (unpaired) electrons. The van der Waals surface area contributed by atoms with Gasteiger partial charge in [-0.1, -0.05) is 0 Å². The molecular formula is C5H6F2O2. The molecule has 1 saturated carbocycles. The van der Waals surface area contributed by atoms with Crippen LogP contribution >= 0.6 is 0 Å². The maximum Gasteiger partial charge on any atom is 0.389 e. The van der Waals surface area contributed by atoms with E-state index >= 15 is 0 Å². The Bertz CT molecular complexity index is 120. The summed E-state index contributed by atoms with van der Waals surface area (Å²) in [6.45, 7) is -2.95. The number of ether oxygens (including phenoxy) is 1. The SMILES string of the molecule is O=C(OC(F)F)C1CC1. The second-order valence-electron chi connectivity index (χ2n) is 1.97. The predicted molar refractivity (Wildman–Crippen MR) is 24.8 cm³/mol. The summed E-state index contributed by atoms with van der Waals surface area (Å²) in [5, 5.41) is 0. The average molecular weight is 136 g/mol. The molecule has 1 aliphatic rings. The third kappa shape index (κ3) is 1.95. The number of rotatable bonds is 2. The fraction of sp³-hybridized carbons (Fsp3) is 0.800. The van der Waals surface area contributed by atoms with E-state index in [2.05, 4.69) is 4.74 Å². The fourth-order valence-corrected chi connectivity index (χ4v) is 0.503. The second kappa shape index (κ2) is 2.29. The van der Waals surface area contributed by atoms with Crippen molar-refractivity contribution < 1.29 is 18.3 Å². The van der Waals surface area contributed by atoms with Crippen LogP contribution in [0.4, 0.5) is 8.78 Å². The first kappa shape index (κ1) is 6.45. The molecule has 0 unspecified atom stereocenters. The second-order valence-corrected chi connectivity index (χ2v) is 1.97. The molecule has 0 atom stereocenters. The highest BCUT2D eigenvalue weighted by Gasteiger charge is 2.32. The van der Waals surface area contributed by atoms with Gasteiger partial charge < -0.3 is 4.74 Å². The van der Waals surface area contributed by atoms with Gasteiger partial charge in [0.25, 0.3) is 0 Å². The highest BCUT2D eigenvalue weighted by atomic mass is 19.3. The van der Waals surface area contributed by atoms with E-state index in [0.717, 1.165) is 0 Å². The smallest absolute Gasteiger partial charge is 0.389 e. The first-order chi connectivity index (χ1) is 4.20. The normalized spacial score (nSPS) is 18.1. The molecule has 0 heterocycles. The molecule has 0 aromatic carbocycles. The van der Waals surface area contributed by atoms with Gasteiger partial charge in [-0.25, -0.2) is 0 Å². The van der Waals surface area contributed by atoms with Gasteiger partial charge in [0.15, 0.2) is 0 Å². The van der Waals surface area contributed by atoms with Gasteiger partial charge in [-0.3, -0.25) is 4.79 Å². The van der Waals surface area contributed by atoms with Crippen molar-refractivity contribution in [2.45, 2.75) is 19.5 Å². The van der Waals surface area contributed by atoms with Crippen molar-refractivity contribution in [3.05, 3.63) is 0 Å². The minimum atomic E-state index is -2.95. The summed E-state index contributed by atoms with van der Waals surface area (Å²) >= 11 is 0. The zero-order valence-corrected chi connectivity index (χ0v) is 4.64. The monoisotopic (exact) mass is 136 g/mol. The molecule has 0 amide bonds. The van der Waals surface area contributed by atoms with Crippen molar-refractivity contribution in [2.24, 2.45) is 5.92 Å². The van der Waals surface area contributed by atoms with Crippen LogP contribution < -0.4 is 0 Å². The van der Waals surface area contributed by atoms with Crippen molar-refractivity contribution in [3.8, 4) is 0 Å². The van der Waals surface area contributed by atoms with E-state index < -0.39 is 12.6 Å². The Morgan fingerprint density at radius 3 is 2.44 bits per heavy atom. The molecule has 1 rings (SSSR count). The molecule has 2 nitrogen and oxygen atoms in total. The van der Waals surface area contributed by atoms with Crippen LogP contribution in [0.1, 0.15) is 12.8 Å². The summed E-state index contributed by atoms with van der Waals surface area (Å²) in [6.07, 6.45) is 1.40. The van der Waals surface area contributed by atoms with Gasteiger partial charge in [0, 0.05) is 0 Å². The Morgan fingerprint density at radius 2 is 2.11 bits per heavy atom. The zero-order valence-electron chi connectivity index (χ0n) is 4.64. The van der Waals surface area contributed by atoms with Crippen molar-refractivity contribution in [1.29, 1.82) is 0 Å². The molecule has 9 heavy (non-hydrogen) atoms. The molecule has 0 bridgehead atoms. The third-order valence-corrected chi connectivity index (χ3v) is 1.12. The van der Waals surface area contributed by atoms with Crippen LogP contribution in [0, 0.1) is 5.92 Å². The third-order valence-electron chi connectivity index (χ3n) is 1.12. The topological polar surface area (TPSA) is 26.3 Å². The summed E-state index contributed by atoms with van der Waals surface area (Å²) in [6, 6.07) is 0. The van der Waals surface area contributed by atoms with E-state index in [9.17, 15) is 13.6 Å². The van der Waals surface area contributed by atoms with Crippen LogP contribution in [0.5, 0.6) is 0 Å². The highest BCUT2D eigenvalue weighted by Crippen LogP contribution is 2.30. The molecule has 0 aromatic rings. The largest absolute Gasteiger partial charge is 0.403 e. The number of hydrogen-bond acceptors (Lipinski definition) is 2. The van der Waals surface area contributed by atoms with E-state index in [-0.39, 0.29) is 5.92 Å². The number of carbonyl (C=O) groups excluding carboxylic acids is 1. The molecule has 0 saturated heterocycles. The number of hydrogen-bond donors (Lipinski definition) is 0. The van der Waals surface area contributed by atoms with Gasteiger partial charge in [-0.2, -0.15) is 8.78 Å². The van der Waals surface area contributed by atoms with Gasteiger partial charge in [0.2, 0.25) is 0 Å². The Hall–Kier alpha value is -0.670. The number of carbonyl (C=O) groups is 1. The standard InChI is InChI=1S/C5H6F2O2/c6-5(7)9-4(8)3-1-2-3/h3,5H,1-2H2. The molecule has 1 fully saturated rings. The molecule has 0 aromatic heterocycles. The van der Waals surface area contributed by atoms with Crippen LogP contribution in [0.2, 0.25) is 0 Å². The molecular weight excluding hydrogens is 130 g/mol. The fourth-order valence-electron chi connectivity index (χ4n) is 0.503. The lowest BCUT2D eigenvalue weighted by atomic mass is 10.4. The van der Waals surface area contributed by atoms with Gasteiger partial charge in [-0.15, -0.1) is 0 Å². The van der Waals surface area contributed by atoms with Crippen molar-refractivity contribution in [2.75, 3.05) is 0 Å². The number of halogens is 2. The van der Waals surface area contributed by atoms with Crippen molar-refractivity contribution in [1.82, 2.24) is 0 Å². The Morgan fingerprint density at radius 1 is 1.56 bits per heavy atom. The van der Waals surface area contributed by atoms with Crippen molar-refractivity contribution >= 4 is 5.97 Å². The Kier molecular flexibility index (Phi) is 1.64. The van der Waals surface area contributed by atoms with Crippen LogP contribution in [0.3, 0.4) is 0 Å². The van der Waals surface area contributed by atoms with E-state index in [1.54, 1.807) is 0 Å². The Labute approximate surface area is 50.8 Å². The molecule has 0 spiro atoms. The maximum atomic E-state index is 11.2. The van der Waals surface area contributed by atoms with Crippen LogP contribution in [-0.2, 0) is 9.53 Å². The van der Waals surface area contributed by atoms with Gasteiger partial charge >= 0.3 is 12.6 Å². The quantitative estimate of drug-likeness (QED) is 0.532. The summed E-state index contributed by atoms with van der Waals surface area (Å²) < 4.78 is 26.1. The van der Waals surface area contributed by atoms with Crippen LogP contribution in [-0.4, -0.2) is 12.6 Å². The summed E-state index contributed by atoms with van der Waals surface area (Å²) in [4.78, 5) is 10.3. The van der Waals surface area contributed by atoms with Crippen LogP contribution in [0.15, 0.2) is 0 Å². The first-order valence-corrected chi connectivity index (χ1v) is 2.69.